The van der Waals surface area contributed by atoms with Gasteiger partial charge in [0, 0.05) is 0 Å². The van der Waals surface area contributed by atoms with Gasteiger partial charge in [0.15, 0.2) is 0 Å². The maximum Gasteiger partial charge on any atom is 0.508 e. The van der Waals surface area contributed by atoms with Crippen molar-refractivity contribution in [1.29, 1.82) is 0 Å². The third kappa shape index (κ3) is 2.94. The van der Waals surface area contributed by atoms with Crippen LogP contribution in [-0.4, -0.2) is 19.9 Å². The Balaban J connectivity index is 2.48. The minimum atomic E-state index is -0.693. The Labute approximate surface area is 83.0 Å². The number of carbonyl (C=O) groups excluding carboxylic acids is 1. The van der Waals surface area contributed by atoms with Crippen LogP contribution in [0.25, 0.3) is 5.57 Å². The highest BCUT2D eigenvalue weighted by molar-refractivity contribution is 5.67. The van der Waals surface area contributed by atoms with Gasteiger partial charge in [-0.2, -0.15) is 0 Å². The summed E-state index contributed by atoms with van der Waals surface area (Å²) in [6, 6.07) is 9.53. The molecule has 0 radical (unpaired) electrons. The smallest absolute Gasteiger partial charge is 0.438 e. The van der Waals surface area contributed by atoms with Gasteiger partial charge >= 0.3 is 6.16 Å². The van der Waals surface area contributed by atoms with Crippen molar-refractivity contribution < 1.29 is 14.3 Å². The van der Waals surface area contributed by atoms with Crippen molar-refractivity contribution in [3.8, 4) is 0 Å². The molecule has 1 rings (SSSR count). The van der Waals surface area contributed by atoms with E-state index in [1.165, 1.54) is 7.11 Å². The molecule has 1 aromatic rings. The molecular formula is C11H12O3. The van der Waals surface area contributed by atoms with E-state index < -0.39 is 6.16 Å². The van der Waals surface area contributed by atoms with Crippen LogP contribution in [0.15, 0.2) is 36.9 Å². The lowest BCUT2D eigenvalue weighted by Gasteiger charge is -2.05. The van der Waals surface area contributed by atoms with Crippen LogP contribution in [0.1, 0.15) is 5.56 Å². The second-order valence-corrected chi connectivity index (χ2v) is 2.71. The van der Waals surface area contributed by atoms with Crippen molar-refractivity contribution >= 4 is 11.7 Å². The molecule has 0 amide bonds. The summed E-state index contributed by atoms with van der Waals surface area (Å²) in [6.07, 6.45) is -0.693. The molecular weight excluding hydrogens is 180 g/mol. The third-order valence-corrected chi connectivity index (χ3v) is 1.71. The topological polar surface area (TPSA) is 35.5 Å². The Hall–Kier alpha value is -1.77. The Morgan fingerprint density at radius 3 is 2.57 bits per heavy atom. The van der Waals surface area contributed by atoms with E-state index in [1.54, 1.807) is 0 Å². The average molecular weight is 192 g/mol. The molecule has 0 fully saturated rings. The van der Waals surface area contributed by atoms with Gasteiger partial charge in [0.25, 0.3) is 0 Å². The first kappa shape index (κ1) is 10.3. The van der Waals surface area contributed by atoms with Gasteiger partial charge in [-0.05, 0) is 11.1 Å². The van der Waals surface area contributed by atoms with Gasteiger partial charge in [-0.3, -0.25) is 0 Å². The highest BCUT2D eigenvalue weighted by Gasteiger charge is 2.03. The van der Waals surface area contributed by atoms with Crippen LogP contribution < -0.4 is 0 Å². The van der Waals surface area contributed by atoms with Crippen molar-refractivity contribution in [2.24, 2.45) is 0 Å². The minimum absolute atomic E-state index is 0.149. The summed E-state index contributed by atoms with van der Waals surface area (Å²) in [5.74, 6) is 0. The monoisotopic (exact) mass is 192 g/mol. The van der Waals surface area contributed by atoms with E-state index in [2.05, 4.69) is 11.3 Å². The summed E-state index contributed by atoms with van der Waals surface area (Å²) >= 11 is 0. The molecule has 0 aliphatic carbocycles. The zero-order valence-electron chi connectivity index (χ0n) is 8.03. The largest absolute Gasteiger partial charge is 0.508 e. The van der Waals surface area contributed by atoms with E-state index in [-0.39, 0.29) is 6.61 Å². The fraction of sp³-hybridized carbons (Fsp3) is 0.182. The van der Waals surface area contributed by atoms with Gasteiger partial charge in [0.2, 0.25) is 0 Å². The van der Waals surface area contributed by atoms with Crippen LogP contribution in [0.2, 0.25) is 0 Å². The van der Waals surface area contributed by atoms with Crippen molar-refractivity contribution in [3.05, 3.63) is 42.5 Å². The van der Waals surface area contributed by atoms with E-state index >= 15 is 0 Å². The highest BCUT2D eigenvalue weighted by Crippen LogP contribution is 2.11. The molecule has 0 aliphatic heterocycles. The third-order valence-electron chi connectivity index (χ3n) is 1.71. The average Bonchev–Trinajstić information content (AvgIpc) is 2.26. The predicted molar refractivity (Wildman–Crippen MR) is 53.8 cm³/mol. The molecule has 0 bridgehead atoms. The second-order valence-electron chi connectivity index (χ2n) is 2.71. The van der Waals surface area contributed by atoms with E-state index in [9.17, 15) is 4.79 Å². The predicted octanol–water partition coefficient (Wildman–Crippen LogP) is 2.48. The van der Waals surface area contributed by atoms with Gasteiger partial charge in [-0.1, -0.05) is 36.9 Å². The Morgan fingerprint density at radius 2 is 2.00 bits per heavy atom. The Bertz CT molecular complexity index is 317. The Kier molecular flexibility index (Phi) is 3.73. The minimum Gasteiger partial charge on any atom is -0.438 e. The molecule has 0 saturated heterocycles. The van der Waals surface area contributed by atoms with Crippen LogP contribution in [0.4, 0.5) is 4.79 Å². The lowest BCUT2D eigenvalue weighted by atomic mass is 10.1. The van der Waals surface area contributed by atoms with Gasteiger partial charge in [-0.25, -0.2) is 4.79 Å². The molecule has 74 valence electrons. The van der Waals surface area contributed by atoms with Gasteiger partial charge < -0.3 is 9.47 Å². The fourth-order valence-electron chi connectivity index (χ4n) is 0.962. The lowest BCUT2D eigenvalue weighted by molar-refractivity contribution is 0.0833. The van der Waals surface area contributed by atoms with Crippen LogP contribution in [0.5, 0.6) is 0 Å². The van der Waals surface area contributed by atoms with Crippen LogP contribution in [-0.2, 0) is 9.47 Å². The van der Waals surface area contributed by atoms with Crippen molar-refractivity contribution in [3.63, 3.8) is 0 Å². The first-order chi connectivity index (χ1) is 6.74. The number of hydrogen-bond donors (Lipinski definition) is 0. The summed E-state index contributed by atoms with van der Waals surface area (Å²) in [7, 11) is 1.27. The second kappa shape index (κ2) is 5.07. The highest BCUT2D eigenvalue weighted by atomic mass is 16.7. The summed E-state index contributed by atoms with van der Waals surface area (Å²) in [5, 5.41) is 0. The van der Waals surface area contributed by atoms with Crippen molar-refractivity contribution in [1.82, 2.24) is 0 Å². The molecule has 0 spiro atoms. The number of carbonyl (C=O) groups is 1. The molecule has 0 aromatic heterocycles. The molecule has 0 unspecified atom stereocenters. The van der Waals surface area contributed by atoms with E-state index in [0.717, 1.165) is 11.1 Å². The molecule has 3 nitrogen and oxygen atoms in total. The zero-order valence-corrected chi connectivity index (χ0v) is 8.03. The summed E-state index contributed by atoms with van der Waals surface area (Å²) in [4.78, 5) is 10.7. The van der Waals surface area contributed by atoms with E-state index in [1.807, 2.05) is 30.3 Å². The number of methoxy groups -OCH3 is 1. The first-order valence-electron chi connectivity index (χ1n) is 4.18. The molecule has 0 saturated carbocycles. The standard InChI is InChI=1S/C11H12O3/c1-9(8-14-11(12)13-2)10-6-4-3-5-7-10/h3-7H,1,8H2,2H3. The molecule has 3 heteroatoms. The van der Waals surface area contributed by atoms with Crippen LogP contribution in [0.3, 0.4) is 0 Å². The van der Waals surface area contributed by atoms with Gasteiger partial charge in [0.1, 0.15) is 6.61 Å². The zero-order chi connectivity index (χ0) is 10.4. The Morgan fingerprint density at radius 1 is 1.36 bits per heavy atom. The van der Waals surface area contributed by atoms with Crippen LogP contribution >= 0.6 is 0 Å². The molecule has 0 N–H and O–H groups in total. The van der Waals surface area contributed by atoms with Gasteiger partial charge in [-0.15, -0.1) is 0 Å². The van der Waals surface area contributed by atoms with Crippen molar-refractivity contribution in [2.75, 3.05) is 13.7 Å². The fourth-order valence-corrected chi connectivity index (χ4v) is 0.962. The number of benzene rings is 1. The van der Waals surface area contributed by atoms with E-state index in [4.69, 9.17) is 4.74 Å². The van der Waals surface area contributed by atoms with Crippen LogP contribution in [0, 0.1) is 0 Å². The lowest BCUT2D eigenvalue weighted by Crippen LogP contribution is -2.06. The first-order valence-corrected chi connectivity index (χ1v) is 4.18. The summed E-state index contributed by atoms with van der Waals surface area (Å²) < 4.78 is 9.08. The maximum atomic E-state index is 10.7. The number of hydrogen-bond acceptors (Lipinski definition) is 3. The molecule has 1 aromatic carbocycles. The quantitative estimate of drug-likeness (QED) is 0.690. The summed E-state index contributed by atoms with van der Waals surface area (Å²) in [6.45, 7) is 3.95. The molecule has 0 heterocycles. The molecule has 0 atom stereocenters. The summed E-state index contributed by atoms with van der Waals surface area (Å²) in [5.41, 5.74) is 1.70. The van der Waals surface area contributed by atoms with E-state index in [0.29, 0.717) is 0 Å². The van der Waals surface area contributed by atoms with Gasteiger partial charge in [0.05, 0.1) is 7.11 Å². The normalized spacial score (nSPS) is 9.21. The maximum absolute atomic E-state index is 10.7. The SMILES string of the molecule is C=C(COC(=O)OC)c1ccccc1. The number of ether oxygens (including phenoxy) is 2. The number of rotatable bonds is 3. The molecule has 14 heavy (non-hydrogen) atoms. The van der Waals surface area contributed by atoms with Crippen molar-refractivity contribution in [2.45, 2.75) is 0 Å². The molecule has 0 aliphatic rings.